The molecule has 1 aliphatic rings. The van der Waals surface area contributed by atoms with E-state index in [0.29, 0.717) is 29.0 Å². The molecule has 0 radical (unpaired) electrons. The van der Waals surface area contributed by atoms with Gasteiger partial charge in [-0.25, -0.2) is 14.4 Å². The summed E-state index contributed by atoms with van der Waals surface area (Å²) in [6.07, 6.45) is 3.96. The van der Waals surface area contributed by atoms with Crippen LogP contribution in [0.4, 0.5) is 10.2 Å². The Morgan fingerprint density at radius 2 is 2.14 bits per heavy atom. The summed E-state index contributed by atoms with van der Waals surface area (Å²) >= 11 is 0. The normalized spacial score (nSPS) is 18.9. The summed E-state index contributed by atoms with van der Waals surface area (Å²) in [5.41, 5.74) is 1.60. The predicted molar refractivity (Wildman–Crippen MR) is 116 cm³/mol. The highest BCUT2D eigenvalue weighted by Gasteiger charge is 2.34. The van der Waals surface area contributed by atoms with Gasteiger partial charge < -0.3 is 10.2 Å². The van der Waals surface area contributed by atoms with Gasteiger partial charge in [0.1, 0.15) is 11.5 Å². The first-order valence-electron chi connectivity index (χ1n) is 10.3. The second-order valence-corrected chi connectivity index (χ2v) is 8.95. The minimum absolute atomic E-state index is 0. The molecule has 0 aromatic carbocycles. The van der Waals surface area contributed by atoms with Gasteiger partial charge in [0.25, 0.3) is 0 Å². The van der Waals surface area contributed by atoms with Gasteiger partial charge in [0, 0.05) is 32.1 Å². The predicted octanol–water partition coefficient (Wildman–Crippen LogP) is 4.26. The van der Waals surface area contributed by atoms with Crippen LogP contribution in [0.3, 0.4) is 0 Å². The van der Waals surface area contributed by atoms with Gasteiger partial charge in [-0.15, -0.1) is 0 Å². The molecule has 1 aliphatic heterocycles. The van der Waals surface area contributed by atoms with Crippen molar-refractivity contribution < 1.29 is 5.82 Å². The van der Waals surface area contributed by atoms with Crippen molar-refractivity contribution in [2.75, 3.05) is 25.0 Å². The Labute approximate surface area is 172 Å². The lowest BCUT2D eigenvalue weighted by atomic mass is 9.76. The van der Waals surface area contributed by atoms with Crippen LogP contribution in [-0.2, 0) is 0 Å². The standard InChI is InChI=1S/C22H29FN6.H2/c1-22(2,3)20(24-4)14-7-6-12-29(13-14)17-10-9-16(23)19(26-17)18-15-8-5-11-25-21(15)28-27-18;/h5,8-11,14,20,24H,6-7,12-13H2,1-4H3,(H,25,27,28);1H. The molecule has 6 nitrogen and oxygen atoms in total. The fourth-order valence-electron chi connectivity index (χ4n) is 4.68. The first kappa shape index (κ1) is 19.8. The molecule has 0 amide bonds. The second-order valence-electron chi connectivity index (χ2n) is 8.95. The van der Waals surface area contributed by atoms with Crippen LogP contribution in [0, 0.1) is 17.2 Å². The number of piperidine rings is 1. The van der Waals surface area contributed by atoms with E-state index in [1.165, 1.54) is 12.5 Å². The van der Waals surface area contributed by atoms with Crippen LogP contribution >= 0.6 is 0 Å². The van der Waals surface area contributed by atoms with E-state index >= 15 is 0 Å². The molecule has 1 fully saturated rings. The molecule has 0 spiro atoms. The maximum absolute atomic E-state index is 14.7. The number of hydrogen-bond acceptors (Lipinski definition) is 5. The van der Waals surface area contributed by atoms with Crippen molar-refractivity contribution in [2.24, 2.45) is 11.3 Å². The molecule has 3 aromatic rings. The third-order valence-corrected chi connectivity index (χ3v) is 5.89. The van der Waals surface area contributed by atoms with Gasteiger partial charge in [-0.2, -0.15) is 5.10 Å². The largest absolute Gasteiger partial charge is 0.356 e. The van der Waals surface area contributed by atoms with E-state index in [9.17, 15) is 4.39 Å². The van der Waals surface area contributed by atoms with E-state index in [1.54, 1.807) is 12.3 Å². The van der Waals surface area contributed by atoms with Gasteiger partial charge >= 0.3 is 0 Å². The maximum atomic E-state index is 14.7. The monoisotopic (exact) mass is 398 g/mol. The summed E-state index contributed by atoms with van der Waals surface area (Å²) in [4.78, 5) is 11.2. The van der Waals surface area contributed by atoms with E-state index in [-0.39, 0.29) is 12.7 Å². The summed E-state index contributed by atoms with van der Waals surface area (Å²) in [5.74, 6) is 0.960. The number of nitrogens with one attached hydrogen (secondary N) is 2. The van der Waals surface area contributed by atoms with Gasteiger partial charge in [0.05, 0.1) is 5.69 Å². The third kappa shape index (κ3) is 3.83. The average Bonchev–Trinajstić information content (AvgIpc) is 3.12. The number of pyridine rings is 2. The number of aromatic amines is 1. The molecule has 2 N–H and O–H groups in total. The fourth-order valence-corrected chi connectivity index (χ4v) is 4.68. The summed E-state index contributed by atoms with van der Waals surface area (Å²) in [6.45, 7) is 8.67. The zero-order valence-corrected chi connectivity index (χ0v) is 17.5. The number of H-pyrrole nitrogens is 1. The molecule has 0 bridgehead atoms. The Balaban J connectivity index is 0.00000256. The molecular weight excluding hydrogens is 367 g/mol. The van der Waals surface area contributed by atoms with E-state index < -0.39 is 0 Å². The van der Waals surface area contributed by atoms with Gasteiger partial charge in [0.15, 0.2) is 11.5 Å². The highest BCUT2D eigenvalue weighted by atomic mass is 19.1. The number of halogens is 1. The molecule has 1 saturated heterocycles. The van der Waals surface area contributed by atoms with Crippen molar-refractivity contribution in [2.45, 2.75) is 39.7 Å². The Morgan fingerprint density at radius 1 is 1.31 bits per heavy atom. The van der Waals surface area contributed by atoms with Crippen molar-refractivity contribution in [3.8, 4) is 11.4 Å². The highest BCUT2D eigenvalue weighted by Crippen LogP contribution is 2.33. The van der Waals surface area contributed by atoms with Crippen LogP contribution in [-0.4, -0.2) is 46.3 Å². The van der Waals surface area contributed by atoms with Crippen LogP contribution in [0.1, 0.15) is 35.0 Å². The Hall–Kier alpha value is -2.54. The average molecular weight is 399 g/mol. The van der Waals surface area contributed by atoms with Crippen molar-refractivity contribution in [1.82, 2.24) is 25.5 Å². The second kappa shape index (κ2) is 7.71. The highest BCUT2D eigenvalue weighted by molar-refractivity contribution is 5.89. The Bertz CT molecular complexity index is 999. The topological polar surface area (TPSA) is 69.7 Å². The first-order valence-corrected chi connectivity index (χ1v) is 10.3. The fraction of sp³-hybridized carbons (Fsp3) is 0.500. The lowest BCUT2D eigenvalue weighted by Gasteiger charge is -2.42. The van der Waals surface area contributed by atoms with Gasteiger partial charge in [0.2, 0.25) is 0 Å². The van der Waals surface area contributed by atoms with Gasteiger partial charge in [-0.3, -0.25) is 5.10 Å². The summed E-state index contributed by atoms with van der Waals surface area (Å²) < 4.78 is 14.7. The third-order valence-electron chi connectivity index (χ3n) is 5.89. The molecule has 2 unspecified atom stereocenters. The van der Waals surface area contributed by atoms with Crippen LogP contribution in [0.5, 0.6) is 0 Å². The number of hydrogen-bond donors (Lipinski definition) is 2. The SMILES string of the molecule is CNC(C1CCCN(c2ccc(F)c(-c3[nH]nc4ncccc34)n2)C1)C(C)(C)C.[HH]. The van der Waals surface area contributed by atoms with Crippen LogP contribution in [0.25, 0.3) is 22.4 Å². The zero-order valence-electron chi connectivity index (χ0n) is 17.5. The minimum atomic E-state index is -0.362. The van der Waals surface area contributed by atoms with E-state index in [1.807, 2.05) is 19.2 Å². The van der Waals surface area contributed by atoms with Crippen LogP contribution in [0.2, 0.25) is 0 Å². The Kier molecular flexibility index (Phi) is 5.25. The number of nitrogens with zero attached hydrogens (tertiary/aromatic N) is 4. The summed E-state index contributed by atoms with van der Waals surface area (Å²) in [5, 5.41) is 11.4. The van der Waals surface area contributed by atoms with Crippen molar-refractivity contribution in [1.29, 1.82) is 0 Å². The van der Waals surface area contributed by atoms with Crippen molar-refractivity contribution >= 4 is 16.9 Å². The minimum Gasteiger partial charge on any atom is -0.356 e. The lowest BCUT2D eigenvalue weighted by Crippen LogP contribution is -2.50. The van der Waals surface area contributed by atoms with Gasteiger partial charge in [-0.1, -0.05) is 20.8 Å². The number of rotatable bonds is 4. The van der Waals surface area contributed by atoms with Crippen LogP contribution < -0.4 is 10.2 Å². The quantitative estimate of drug-likeness (QED) is 0.687. The Morgan fingerprint density at radius 3 is 2.90 bits per heavy atom. The van der Waals surface area contributed by atoms with Crippen molar-refractivity contribution in [3.63, 3.8) is 0 Å². The zero-order chi connectivity index (χ0) is 20.6. The van der Waals surface area contributed by atoms with E-state index in [2.05, 4.69) is 46.2 Å². The van der Waals surface area contributed by atoms with Crippen molar-refractivity contribution in [3.05, 3.63) is 36.3 Å². The molecule has 3 aromatic heterocycles. The molecule has 0 aliphatic carbocycles. The molecule has 4 rings (SSSR count). The molecule has 2 atom stereocenters. The number of aromatic nitrogens is 4. The smallest absolute Gasteiger partial charge is 0.181 e. The molecule has 156 valence electrons. The number of anilines is 1. The number of fused-ring (bicyclic) bond motifs is 1. The van der Waals surface area contributed by atoms with E-state index in [4.69, 9.17) is 4.98 Å². The first-order chi connectivity index (χ1) is 13.9. The van der Waals surface area contributed by atoms with Gasteiger partial charge in [-0.05, 0) is 55.5 Å². The maximum Gasteiger partial charge on any atom is 0.181 e. The molecule has 29 heavy (non-hydrogen) atoms. The lowest BCUT2D eigenvalue weighted by molar-refractivity contribution is 0.184. The van der Waals surface area contributed by atoms with Crippen LogP contribution in [0.15, 0.2) is 30.5 Å². The molecule has 4 heterocycles. The molecule has 7 heteroatoms. The van der Waals surface area contributed by atoms with E-state index in [0.717, 1.165) is 30.7 Å². The summed E-state index contributed by atoms with van der Waals surface area (Å²) in [7, 11) is 2.04. The molecule has 0 saturated carbocycles. The molecular formula is C22H31FN6. The summed E-state index contributed by atoms with van der Waals surface area (Å²) in [6, 6.07) is 7.40.